The first-order valence-electron chi connectivity index (χ1n) is 7.16. The van der Waals surface area contributed by atoms with Gasteiger partial charge in [0.25, 0.3) is 0 Å². The Morgan fingerprint density at radius 3 is 2.90 bits per heavy atom. The Bertz CT molecular complexity index is 642. The minimum atomic E-state index is -0.607. The monoisotopic (exact) mass is 273 g/mol. The molecule has 1 aliphatic rings. The highest BCUT2D eigenvalue weighted by atomic mass is 16.5. The molecule has 0 atom stereocenters. The number of rotatable bonds is 3. The molecule has 0 unspecified atom stereocenters. The van der Waals surface area contributed by atoms with Crippen LogP contribution in [0, 0.1) is 6.92 Å². The maximum absolute atomic E-state index is 12.4. The van der Waals surface area contributed by atoms with E-state index >= 15 is 0 Å². The van der Waals surface area contributed by atoms with Crippen molar-refractivity contribution in [2.45, 2.75) is 44.9 Å². The Kier molecular flexibility index (Phi) is 3.20. The summed E-state index contributed by atoms with van der Waals surface area (Å²) in [5.74, 6) is 0.551. The third-order valence-electron chi connectivity index (χ3n) is 4.05. The van der Waals surface area contributed by atoms with E-state index in [4.69, 9.17) is 4.74 Å². The molecule has 0 radical (unpaired) electrons. The number of carbonyl (C=O) groups excluding carboxylic acids is 1. The minimum absolute atomic E-state index is 0.159. The van der Waals surface area contributed by atoms with Crippen LogP contribution >= 0.6 is 0 Å². The van der Waals surface area contributed by atoms with Crippen LogP contribution in [-0.2, 0) is 14.9 Å². The molecular weight excluding hydrogens is 254 g/mol. The third kappa shape index (κ3) is 1.97. The first kappa shape index (κ1) is 13.1. The molecule has 2 aromatic heterocycles. The van der Waals surface area contributed by atoms with Gasteiger partial charge in [-0.25, -0.2) is 9.97 Å². The van der Waals surface area contributed by atoms with Crippen molar-refractivity contribution in [1.82, 2.24) is 15.0 Å². The molecule has 5 nitrogen and oxygen atoms in total. The quantitative estimate of drug-likeness (QED) is 0.873. The molecule has 0 aliphatic heterocycles. The minimum Gasteiger partial charge on any atom is -0.465 e. The summed E-state index contributed by atoms with van der Waals surface area (Å²) < 4.78 is 5.28. The van der Waals surface area contributed by atoms with Crippen molar-refractivity contribution in [3.8, 4) is 0 Å². The predicted molar refractivity (Wildman–Crippen MR) is 75.4 cm³/mol. The van der Waals surface area contributed by atoms with E-state index in [-0.39, 0.29) is 5.97 Å². The molecule has 2 heterocycles. The number of nitrogens with zero attached hydrogens (tertiary/aromatic N) is 2. The van der Waals surface area contributed by atoms with E-state index in [2.05, 4.69) is 15.0 Å². The van der Waals surface area contributed by atoms with Gasteiger partial charge >= 0.3 is 5.97 Å². The molecule has 0 aromatic carbocycles. The summed E-state index contributed by atoms with van der Waals surface area (Å²) in [6, 6.07) is 2.01. The fourth-order valence-corrected chi connectivity index (χ4v) is 3.02. The maximum Gasteiger partial charge on any atom is 0.319 e. The van der Waals surface area contributed by atoms with Gasteiger partial charge in [-0.2, -0.15) is 0 Å². The molecule has 2 aromatic rings. The Labute approximate surface area is 117 Å². The average molecular weight is 273 g/mol. The standard InChI is InChI=1S/C15H19N3O2/c1-3-20-14(19)15(6-4-5-7-15)13-17-11-8-10(2)9-16-12(11)18-13/h8-9H,3-7H2,1-2H3,(H,16,17,18). The Hall–Kier alpha value is -1.91. The number of H-pyrrole nitrogens is 1. The lowest BCUT2D eigenvalue weighted by atomic mass is 9.85. The van der Waals surface area contributed by atoms with Crippen molar-refractivity contribution in [3.05, 3.63) is 23.7 Å². The lowest BCUT2D eigenvalue weighted by Gasteiger charge is -2.23. The van der Waals surface area contributed by atoms with Gasteiger partial charge in [0.15, 0.2) is 5.65 Å². The van der Waals surface area contributed by atoms with Crippen LogP contribution in [0.15, 0.2) is 12.3 Å². The highest BCUT2D eigenvalue weighted by Gasteiger charge is 2.46. The zero-order chi connectivity index (χ0) is 14.2. The van der Waals surface area contributed by atoms with E-state index in [0.717, 1.165) is 36.8 Å². The highest BCUT2D eigenvalue weighted by Crippen LogP contribution is 2.41. The third-order valence-corrected chi connectivity index (χ3v) is 4.05. The van der Waals surface area contributed by atoms with E-state index in [1.807, 2.05) is 19.9 Å². The molecule has 0 bridgehead atoms. The van der Waals surface area contributed by atoms with E-state index < -0.39 is 5.41 Å². The number of hydrogen-bond acceptors (Lipinski definition) is 4. The van der Waals surface area contributed by atoms with Gasteiger partial charge in [-0.1, -0.05) is 12.8 Å². The van der Waals surface area contributed by atoms with Crippen molar-refractivity contribution in [2.75, 3.05) is 6.61 Å². The van der Waals surface area contributed by atoms with Gasteiger partial charge in [-0.15, -0.1) is 0 Å². The van der Waals surface area contributed by atoms with Gasteiger partial charge in [0.2, 0.25) is 0 Å². The van der Waals surface area contributed by atoms with Gasteiger partial charge in [0.05, 0.1) is 12.1 Å². The van der Waals surface area contributed by atoms with Crippen molar-refractivity contribution in [1.29, 1.82) is 0 Å². The molecule has 0 amide bonds. The molecule has 20 heavy (non-hydrogen) atoms. The van der Waals surface area contributed by atoms with Crippen LogP contribution in [0.4, 0.5) is 0 Å². The van der Waals surface area contributed by atoms with Crippen LogP contribution in [0.1, 0.15) is 44.0 Å². The molecule has 1 fully saturated rings. The number of ether oxygens (including phenoxy) is 1. The number of fused-ring (bicyclic) bond motifs is 1. The van der Waals surface area contributed by atoms with Crippen LogP contribution in [0.2, 0.25) is 0 Å². The lowest BCUT2D eigenvalue weighted by Crippen LogP contribution is -2.35. The van der Waals surface area contributed by atoms with Gasteiger partial charge in [0, 0.05) is 6.20 Å². The first-order chi connectivity index (χ1) is 9.65. The number of aryl methyl sites for hydroxylation is 1. The molecule has 3 rings (SSSR count). The van der Waals surface area contributed by atoms with E-state index in [0.29, 0.717) is 18.1 Å². The highest BCUT2D eigenvalue weighted by molar-refractivity contribution is 5.84. The second kappa shape index (κ2) is 4.89. The summed E-state index contributed by atoms with van der Waals surface area (Å²) in [6.45, 7) is 4.23. The second-order valence-corrected chi connectivity index (χ2v) is 5.48. The van der Waals surface area contributed by atoms with Crippen LogP contribution in [0.25, 0.3) is 11.2 Å². The SMILES string of the molecule is CCOC(=O)C1(c2nc3ncc(C)cc3[nH]2)CCCC1. The number of hydrogen-bond donors (Lipinski definition) is 1. The normalized spacial score (nSPS) is 17.5. The molecule has 1 aliphatic carbocycles. The van der Waals surface area contributed by atoms with Crippen LogP contribution in [-0.4, -0.2) is 27.5 Å². The lowest BCUT2D eigenvalue weighted by molar-refractivity contribution is -0.150. The molecule has 1 N–H and O–H groups in total. The molecule has 0 saturated heterocycles. The number of nitrogens with one attached hydrogen (secondary N) is 1. The molecular formula is C15H19N3O2. The second-order valence-electron chi connectivity index (χ2n) is 5.48. The van der Waals surface area contributed by atoms with Gasteiger partial charge in [-0.3, -0.25) is 4.79 Å². The van der Waals surface area contributed by atoms with E-state index in [1.54, 1.807) is 6.20 Å². The molecule has 106 valence electrons. The van der Waals surface area contributed by atoms with Gasteiger partial charge < -0.3 is 9.72 Å². The fourth-order valence-electron chi connectivity index (χ4n) is 3.02. The fraction of sp³-hybridized carbons (Fsp3) is 0.533. The summed E-state index contributed by atoms with van der Waals surface area (Å²) in [5.41, 5.74) is 2.02. The van der Waals surface area contributed by atoms with Gasteiger partial charge in [-0.05, 0) is 38.3 Å². The van der Waals surface area contributed by atoms with Crippen molar-refractivity contribution in [2.24, 2.45) is 0 Å². The maximum atomic E-state index is 12.4. The van der Waals surface area contributed by atoms with Gasteiger partial charge in [0.1, 0.15) is 11.2 Å². The molecule has 5 heteroatoms. The average Bonchev–Trinajstić information content (AvgIpc) is 3.05. The number of aromatic nitrogens is 3. The number of carbonyl (C=O) groups is 1. The summed E-state index contributed by atoms with van der Waals surface area (Å²) in [5, 5.41) is 0. The van der Waals surface area contributed by atoms with Crippen LogP contribution < -0.4 is 0 Å². The van der Waals surface area contributed by atoms with Crippen molar-refractivity contribution < 1.29 is 9.53 Å². The summed E-state index contributed by atoms with van der Waals surface area (Å²) in [7, 11) is 0. The largest absolute Gasteiger partial charge is 0.465 e. The number of imidazole rings is 1. The topological polar surface area (TPSA) is 67.9 Å². The number of esters is 1. The Morgan fingerprint density at radius 2 is 2.20 bits per heavy atom. The number of aromatic amines is 1. The van der Waals surface area contributed by atoms with Crippen molar-refractivity contribution in [3.63, 3.8) is 0 Å². The first-order valence-corrected chi connectivity index (χ1v) is 7.16. The van der Waals surface area contributed by atoms with Crippen molar-refractivity contribution >= 4 is 17.1 Å². The Balaban J connectivity index is 2.07. The van der Waals surface area contributed by atoms with Crippen LogP contribution in [0.5, 0.6) is 0 Å². The summed E-state index contributed by atoms with van der Waals surface area (Å²) >= 11 is 0. The van der Waals surface area contributed by atoms with E-state index in [1.165, 1.54) is 0 Å². The summed E-state index contributed by atoms with van der Waals surface area (Å²) in [4.78, 5) is 24.6. The summed E-state index contributed by atoms with van der Waals surface area (Å²) in [6.07, 6.45) is 5.44. The van der Waals surface area contributed by atoms with E-state index in [9.17, 15) is 4.79 Å². The molecule has 0 spiro atoms. The smallest absolute Gasteiger partial charge is 0.319 e. The zero-order valence-electron chi connectivity index (χ0n) is 11.9. The zero-order valence-corrected chi connectivity index (χ0v) is 11.9. The van der Waals surface area contributed by atoms with Crippen LogP contribution in [0.3, 0.4) is 0 Å². The number of pyridine rings is 1. The Morgan fingerprint density at radius 1 is 1.45 bits per heavy atom. The molecule has 1 saturated carbocycles. The predicted octanol–water partition coefficient (Wildman–Crippen LogP) is 2.64.